The topological polar surface area (TPSA) is 86.5 Å². The van der Waals surface area contributed by atoms with Crippen LogP contribution >= 0.6 is 0 Å². The predicted octanol–water partition coefficient (Wildman–Crippen LogP) is -0.254. The zero-order valence-electron chi connectivity index (χ0n) is 8.00. The predicted molar refractivity (Wildman–Crippen MR) is 51.8 cm³/mol. The second-order valence-electron chi connectivity index (χ2n) is 3.46. The Morgan fingerprint density at radius 2 is 2.33 bits per heavy atom. The van der Waals surface area contributed by atoms with Gasteiger partial charge in [-0.1, -0.05) is 0 Å². The van der Waals surface area contributed by atoms with E-state index >= 15 is 0 Å². The lowest BCUT2D eigenvalue weighted by atomic mass is 10.3. The maximum absolute atomic E-state index is 10.7. The summed E-state index contributed by atoms with van der Waals surface area (Å²) in [4.78, 5) is 20.1. The molecule has 0 saturated carbocycles. The van der Waals surface area contributed by atoms with Crippen molar-refractivity contribution in [3.8, 4) is 0 Å². The number of carboxylic acid groups (broad SMARTS) is 1. The van der Waals surface area contributed by atoms with Crippen LogP contribution in [0.4, 0.5) is 5.82 Å². The number of carboxylic acids is 1. The highest BCUT2D eigenvalue weighted by Crippen LogP contribution is 2.17. The van der Waals surface area contributed by atoms with Gasteiger partial charge in [0.2, 0.25) is 0 Å². The highest BCUT2D eigenvalue weighted by Gasteiger charge is 2.22. The van der Waals surface area contributed by atoms with Gasteiger partial charge in [-0.2, -0.15) is 0 Å². The van der Waals surface area contributed by atoms with Crippen molar-refractivity contribution in [3.63, 3.8) is 0 Å². The van der Waals surface area contributed by atoms with Crippen molar-refractivity contribution in [1.82, 2.24) is 9.97 Å². The molecule has 0 amide bonds. The third-order valence-electron chi connectivity index (χ3n) is 2.36. The van der Waals surface area contributed by atoms with Gasteiger partial charge in [0.05, 0.1) is 6.10 Å². The Morgan fingerprint density at radius 3 is 2.93 bits per heavy atom. The van der Waals surface area contributed by atoms with Crippen molar-refractivity contribution in [2.45, 2.75) is 12.5 Å². The molecule has 1 atom stereocenters. The number of anilines is 1. The summed E-state index contributed by atoms with van der Waals surface area (Å²) in [6.45, 7) is 1.19. The quantitative estimate of drug-likeness (QED) is 0.698. The summed E-state index contributed by atoms with van der Waals surface area (Å²) in [5, 5.41) is 18.1. The Labute approximate surface area is 86.2 Å². The molecule has 0 radical (unpaired) electrons. The van der Waals surface area contributed by atoms with Crippen LogP contribution in [0, 0.1) is 0 Å². The van der Waals surface area contributed by atoms with E-state index in [0.717, 1.165) is 0 Å². The van der Waals surface area contributed by atoms with Gasteiger partial charge in [0, 0.05) is 19.2 Å². The van der Waals surface area contributed by atoms with Crippen molar-refractivity contribution in [3.05, 3.63) is 18.1 Å². The lowest BCUT2D eigenvalue weighted by Crippen LogP contribution is -2.22. The van der Waals surface area contributed by atoms with Gasteiger partial charge < -0.3 is 15.1 Å². The van der Waals surface area contributed by atoms with Crippen LogP contribution < -0.4 is 4.90 Å². The molecule has 0 aliphatic carbocycles. The summed E-state index contributed by atoms with van der Waals surface area (Å²) in [5.41, 5.74) is -0.0265. The average molecular weight is 209 g/mol. The van der Waals surface area contributed by atoms with Crippen molar-refractivity contribution in [1.29, 1.82) is 0 Å². The van der Waals surface area contributed by atoms with E-state index in [1.807, 2.05) is 4.90 Å². The zero-order chi connectivity index (χ0) is 10.8. The molecule has 1 aliphatic heterocycles. The number of hydrogen-bond acceptors (Lipinski definition) is 5. The van der Waals surface area contributed by atoms with Gasteiger partial charge in [-0.3, -0.25) is 0 Å². The summed E-state index contributed by atoms with van der Waals surface area (Å²) in [6, 6.07) is 1.42. The SMILES string of the molecule is O=C(O)c1cc(N2CC[C@@H](O)C2)ncn1. The second-order valence-corrected chi connectivity index (χ2v) is 3.46. The van der Waals surface area contributed by atoms with Crippen LogP contribution in [0.15, 0.2) is 12.4 Å². The molecule has 15 heavy (non-hydrogen) atoms. The molecular weight excluding hydrogens is 198 g/mol. The molecule has 1 fully saturated rings. The third kappa shape index (κ3) is 2.04. The molecule has 0 unspecified atom stereocenters. The number of aliphatic hydroxyl groups excluding tert-OH is 1. The Hall–Kier alpha value is -1.69. The summed E-state index contributed by atoms with van der Waals surface area (Å²) >= 11 is 0. The molecule has 0 aromatic carbocycles. The Balaban J connectivity index is 2.21. The van der Waals surface area contributed by atoms with Gasteiger partial charge in [-0.15, -0.1) is 0 Å². The van der Waals surface area contributed by atoms with E-state index in [0.29, 0.717) is 25.3 Å². The number of carbonyl (C=O) groups is 1. The molecule has 2 heterocycles. The Bertz CT molecular complexity index is 383. The van der Waals surface area contributed by atoms with E-state index in [1.165, 1.54) is 12.4 Å². The van der Waals surface area contributed by atoms with Crippen molar-refractivity contribution < 1.29 is 15.0 Å². The van der Waals surface area contributed by atoms with E-state index < -0.39 is 5.97 Å². The molecule has 6 heteroatoms. The highest BCUT2D eigenvalue weighted by molar-refractivity contribution is 5.86. The van der Waals surface area contributed by atoms with E-state index in [-0.39, 0.29) is 11.8 Å². The first kappa shape index (κ1) is 9.85. The largest absolute Gasteiger partial charge is 0.477 e. The monoisotopic (exact) mass is 209 g/mol. The molecule has 1 saturated heterocycles. The summed E-state index contributed by atoms with van der Waals surface area (Å²) in [6.07, 6.45) is 1.56. The first-order valence-corrected chi connectivity index (χ1v) is 4.65. The third-order valence-corrected chi connectivity index (χ3v) is 2.36. The number of aromatic nitrogens is 2. The fourth-order valence-electron chi connectivity index (χ4n) is 1.59. The van der Waals surface area contributed by atoms with Crippen LogP contribution in [0.5, 0.6) is 0 Å². The maximum Gasteiger partial charge on any atom is 0.354 e. The lowest BCUT2D eigenvalue weighted by Gasteiger charge is -2.15. The van der Waals surface area contributed by atoms with Crippen LogP contribution in [0.3, 0.4) is 0 Å². The zero-order valence-corrected chi connectivity index (χ0v) is 8.00. The Morgan fingerprint density at radius 1 is 1.53 bits per heavy atom. The summed E-state index contributed by atoms with van der Waals surface area (Å²) in [5.74, 6) is -0.516. The standard InChI is InChI=1S/C9H11N3O3/c13-6-1-2-12(4-6)8-3-7(9(14)15)10-5-11-8/h3,5-6,13H,1-2,4H2,(H,14,15)/t6-/m1/s1. The van der Waals surface area contributed by atoms with Gasteiger partial charge in [-0.25, -0.2) is 14.8 Å². The van der Waals surface area contributed by atoms with Crippen LogP contribution in [0.1, 0.15) is 16.9 Å². The lowest BCUT2D eigenvalue weighted by molar-refractivity contribution is 0.0690. The van der Waals surface area contributed by atoms with Crippen LogP contribution in [0.2, 0.25) is 0 Å². The smallest absolute Gasteiger partial charge is 0.354 e. The molecule has 1 aromatic heterocycles. The number of hydrogen-bond donors (Lipinski definition) is 2. The molecular formula is C9H11N3O3. The van der Waals surface area contributed by atoms with Gasteiger partial charge in [0.25, 0.3) is 0 Å². The van der Waals surface area contributed by atoms with Crippen LogP contribution in [-0.4, -0.2) is 45.3 Å². The molecule has 0 bridgehead atoms. The fraction of sp³-hybridized carbons (Fsp3) is 0.444. The number of rotatable bonds is 2. The number of nitrogens with zero attached hydrogens (tertiary/aromatic N) is 3. The van der Waals surface area contributed by atoms with Crippen LogP contribution in [-0.2, 0) is 0 Å². The molecule has 2 rings (SSSR count). The van der Waals surface area contributed by atoms with Crippen molar-refractivity contribution >= 4 is 11.8 Å². The number of aromatic carboxylic acids is 1. The first-order valence-electron chi connectivity index (χ1n) is 4.65. The minimum absolute atomic E-state index is 0.0265. The minimum atomic E-state index is -1.07. The van der Waals surface area contributed by atoms with Gasteiger partial charge >= 0.3 is 5.97 Å². The van der Waals surface area contributed by atoms with Crippen LogP contribution in [0.25, 0.3) is 0 Å². The molecule has 0 spiro atoms. The summed E-state index contributed by atoms with van der Waals surface area (Å²) < 4.78 is 0. The molecule has 2 N–H and O–H groups in total. The number of aliphatic hydroxyl groups is 1. The number of β-amino-alcohol motifs (C(OH)–C–C–N with tert-alkyl or cyclic N) is 1. The second kappa shape index (κ2) is 3.82. The van der Waals surface area contributed by atoms with E-state index in [4.69, 9.17) is 5.11 Å². The van der Waals surface area contributed by atoms with E-state index in [1.54, 1.807) is 0 Å². The normalized spacial score (nSPS) is 20.6. The van der Waals surface area contributed by atoms with Crippen molar-refractivity contribution in [2.75, 3.05) is 18.0 Å². The molecule has 1 aromatic rings. The van der Waals surface area contributed by atoms with Crippen molar-refractivity contribution in [2.24, 2.45) is 0 Å². The van der Waals surface area contributed by atoms with Gasteiger partial charge in [0.1, 0.15) is 12.1 Å². The summed E-state index contributed by atoms with van der Waals surface area (Å²) in [7, 11) is 0. The molecule has 80 valence electrons. The molecule has 1 aliphatic rings. The highest BCUT2D eigenvalue weighted by atomic mass is 16.4. The van der Waals surface area contributed by atoms with Gasteiger partial charge in [0.15, 0.2) is 5.69 Å². The Kier molecular flexibility index (Phi) is 2.51. The average Bonchev–Trinajstić information content (AvgIpc) is 2.65. The first-order chi connectivity index (χ1) is 7.16. The van der Waals surface area contributed by atoms with Gasteiger partial charge in [-0.05, 0) is 6.42 Å². The van der Waals surface area contributed by atoms with E-state index in [9.17, 15) is 9.90 Å². The fourth-order valence-corrected chi connectivity index (χ4v) is 1.59. The molecule has 6 nitrogen and oxygen atoms in total. The van der Waals surface area contributed by atoms with E-state index in [2.05, 4.69) is 9.97 Å². The minimum Gasteiger partial charge on any atom is -0.477 e. The maximum atomic E-state index is 10.7.